The van der Waals surface area contributed by atoms with E-state index >= 15 is 0 Å². The van der Waals surface area contributed by atoms with Crippen LogP contribution in [0.2, 0.25) is 19.6 Å². The van der Waals surface area contributed by atoms with Crippen LogP contribution in [0.1, 0.15) is 40.5 Å². The average molecular weight is 239 g/mol. The van der Waals surface area contributed by atoms with Gasteiger partial charge in [0, 0.05) is 16.9 Å². The van der Waals surface area contributed by atoms with E-state index in [0.717, 1.165) is 12.8 Å². The van der Waals surface area contributed by atoms with Crippen molar-refractivity contribution in [3.8, 4) is 0 Å². The van der Waals surface area contributed by atoms with Crippen LogP contribution in [0.4, 0.5) is 0 Å². The molecule has 0 amide bonds. The van der Waals surface area contributed by atoms with Crippen molar-refractivity contribution in [2.24, 2.45) is 0 Å². The maximum absolute atomic E-state index is 3.50. The lowest BCUT2D eigenvalue weighted by molar-refractivity contribution is 0.266. The lowest BCUT2D eigenvalue weighted by Gasteiger charge is -2.53. The van der Waals surface area contributed by atoms with Crippen LogP contribution in [0.3, 0.4) is 0 Å². The monoisotopic (exact) mass is 239 g/mol. The molecule has 0 atom stereocenters. The molecule has 0 aliphatic carbocycles. The van der Waals surface area contributed by atoms with Gasteiger partial charge in [0.15, 0.2) is 0 Å². The largest absolute Gasteiger partial charge is 0.393 e. The molecule has 0 saturated heterocycles. The molecule has 16 heavy (non-hydrogen) atoms. The molecule has 0 aromatic rings. The normalized spacial score (nSPS) is 21.1. The van der Waals surface area contributed by atoms with E-state index in [2.05, 4.69) is 63.8 Å². The molecule has 0 bridgehead atoms. The Morgan fingerprint density at radius 3 is 2.12 bits per heavy atom. The van der Waals surface area contributed by atoms with E-state index < -0.39 is 8.24 Å². The van der Waals surface area contributed by atoms with E-state index in [1.807, 2.05) is 0 Å². The first-order chi connectivity index (χ1) is 7.24. The molecular weight excluding hydrogens is 212 g/mol. The summed E-state index contributed by atoms with van der Waals surface area (Å²) < 4.78 is 2.69. The quantitative estimate of drug-likeness (QED) is 0.756. The van der Waals surface area contributed by atoms with E-state index in [0.29, 0.717) is 0 Å². The van der Waals surface area contributed by atoms with Gasteiger partial charge in [-0.2, -0.15) is 0 Å². The first kappa shape index (κ1) is 13.6. The minimum absolute atomic E-state index is 0.133. The molecule has 93 valence electrons. The smallest absolute Gasteiger partial charge is 0.147 e. The van der Waals surface area contributed by atoms with Crippen molar-refractivity contribution in [3.63, 3.8) is 0 Å². The van der Waals surface area contributed by atoms with Crippen molar-refractivity contribution in [1.82, 2.24) is 9.88 Å². The number of rotatable bonds is 3. The standard InChI is InChI=1S/C13H27N2Si/c1-8-11-12(9-2)15(16(5,6)7)13(3,4)10-14-11/h10,14H,8-9H2,1-7H3. The highest BCUT2D eigenvalue weighted by atomic mass is 28.3. The van der Waals surface area contributed by atoms with E-state index in [1.54, 1.807) is 0 Å². The molecule has 1 aliphatic rings. The minimum Gasteiger partial charge on any atom is -0.393 e. The third-order valence-corrected chi connectivity index (χ3v) is 5.34. The Morgan fingerprint density at radius 2 is 1.75 bits per heavy atom. The summed E-state index contributed by atoms with van der Waals surface area (Å²) in [4.78, 5) is 0. The van der Waals surface area contributed by atoms with E-state index in [-0.39, 0.29) is 5.54 Å². The zero-order valence-corrected chi connectivity index (χ0v) is 12.9. The van der Waals surface area contributed by atoms with Crippen LogP contribution in [0.25, 0.3) is 0 Å². The Morgan fingerprint density at radius 1 is 1.19 bits per heavy atom. The summed E-state index contributed by atoms with van der Waals surface area (Å²) in [7, 11) is -1.33. The Hall–Kier alpha value is -0.443. The summed E-state index contributed by atoms with van der Waals surface area (Å²) in [6.45, 7) is 18.6. The second-order valence-corrected chi connectivity index (χ2v) is 10.9. The molecule has 2 nitrogen and oxygen atoms in total. The zero-order chi connectivity index (χ0) is 12.6. The summed E-state index contributed by atoms with van der Waals surface area (Å²) in [5.41, 5.74) is 3.06. The van der Waals surface area contributed by atoms with Crippen LogP contribution in [0.5, 0.6) is 0 Å². The predicted molar refractivity (Wildman–Crippen MR) is 74.3 cm³/mol. The van der Waals surface area contributed by atoms with Crippen LogP contribution in [-0.4, -0.2) is 18.3 Å². The van der Waals surface area contributed by atoms with Gasteiger partial charge in [-0.15, -0.1) is 0 Å². The second kappa shape index (κ2) is 4.44. The second-order valence-electron chi connectivity index (χ2n) is 6.08. The zero-order valence-electron chi connectivity index (χ0n) is 11.9. The van der Waals surface area contributed by atoms with Crippen molar-refractivity contribution in [3.05, 3.63) is 17.9 Å². The van der Waals surface area contributed by atoms with Gasteiger partial charge in [-0.25, -0.2) is 0 Å². The Balaban J connectivity index is 3.22. The van der Waals surface area contributed by atoms with Gasteiger partial charge >= 0.3 is 0 Å². The summed E-state index contributed by atoms with van der Waals surface area (Å²) in [5, 5.41) is 3.50. The highest BCUT2D eigenvalue weighted by Crippen LogP contribution is 2.35. The minimum atomic E-state index is -1.33. The SMILES string of the molecule is CCC1=C(CC)N([Si](C)(C)C)C(C)(C)[CH]N1. The van der Waals surface area contributed by atoms with Crippen LogP contribution < -0.4 is 5.32 Å². The number of hydrogen-bond acceptors (Lipinski definition) is 2. The summed E-state index contributed by atoms with van der Waals surface area (Å²) in [6, 6.07) is 0. The molecule has 0 aromatic heterocycles. The van der Waals surface area contributed by atoms with Gasteiger partial charge in [-0.3, -0.25) is 0 Å². The Kier molecular flexibility index (Phi) is 3.78. The first-order valence-corrected chi connectivity index (χ1v) is 9.82. The maximum atomic E-state index is 3.50. The molecule has 0 saturated carbocycles. The van der Waals surface area contributed by atoms with Gasteiger partial charge in [0.1, 0.15) is 8.24 Å². The number of allylic oxidation sites excluding steroid dienone is 2. The molecule has 0 spiro atoms. The van der Waals surface area contributed by atoms with Gasteiger partial charge in [0.2, 0.25) is 0 Å². The lowest BCUT2D eigenvalue weighted by Crippen LogP contribution is -2.61. The highest BCUT2D eigenvalue weighted by Gasteiger charge is 2.40. The van der Waals surface area contributed by atoms with Gasteiger partial charge in [0.05, 0.1) is 6.54 Å². The van der Waals surface area contributed by atoms with Crippen LogP contribution in [0.15, 0.2) is 11.4 Å². The van der Waals surface area contributed by atoms with Crippen molar-refractivity contribution in [2.45, 2.75) is 65.7 Å². The third kappa shape index (κ3) is 2.45. The topological polar surface area (TPSA) is 15.3 Å². The molecular formula is C13H27N2Si. The third-order valence-electron chi connectivity index (χ3n) is 3.15. The van der Waals surface area contributed by atoms with E-state index in [4.69, 9.17) is 0 Å². The molecule has 0 aromatic carbocycles. The molecule has 1 N–H and O–H groups in total. The number of hydrogen-bond donors (Lipinski definition) is 1. The molecule has 0 fully saturated rings. The first-order valence-electron chi connectivity index (χ1n) is 6.37. The van der Waals surface area contributed by atoms with Crippen LogP contribution >= 0.6 is 0 Å². The summed E-state index contributed by atoms with van der Waals surface area (Å²) in [5.74, 6) is 0. The maximum Gasteiger partial charge on any atom is 0.147 e. The molecule has 1 rings (SSSR count). The highest BCUT2D eigenvalue weighted by molar-refractivity contribution is 6.73. The van der Waals surface area contributed by atoms with Gasteiger partial charge in [-0.1, -0.05) is 33.5 Å². The molecule has 1 heterocycles. The van der Waals surface area contributed by atoms with Gasteiger partial charge in [0.25, 0.3) is 0 Å². The summed E-state index contributed by atoms with van der Waals surface area (Å²) >= 11 is 0. The van der Waals surface area contributed by atoms with Gasteiger partial charge < -0.3 is 9.88 Å². The van der Waals surface area contributed by atoms with Crippen molar-refractivity contribution in [2.75, 3.05) is 0 Å². The molecule has 3 heteroatoms. The summed E-state index contributed by atoms with van der Waals surface area (Å²) in [6.07, 6.45) is 2.22. The average Bonchev–Trinajstić information content (AvgIpc) is 2.13. The molecule has 1 radical (unpaired) electrons. The fraction of sp³-hybridized carbons (Fsp3) is 0.769. The van der Waals surface area contributed by atoms with Crippen LogP contribution in [-0.2, 0) is 0 Å². The molecule has 1 aliphatic heterocycles. The van der Waals surface area contributed by atoms with E-state index in [1.165, 1.54) is 11.4 Å². The van der Waals surface area contributed by atoms with Crippen molar-refractivity contribution < 1.29 is 0 Å². The van der Waals surface area contributed by atoms with Crippen molar-refractivity contribution >= 4 is 8.24 Å². The van der Waals surface area contributed by atoms with E-state index in [9.17, 15) is 0 Å². The lowest BCUT2D eigenvalue weighted by atomic mass is 10.00. The Labute approximate surface area is 102 Å². The Bertz CT molecular complexity index is 287. The van der Waals surface area contributed by atoms with Gasteiger partial charge in [-0.05, 0) is 26.7 Å². The fourth-order valence-corrected chi connectivity index (χ4v) is 5.74. The molecule has 0 unspecified atom stereocenters. The number of nitrogens with zero attached hydrogens (tertiary/aromatic N) is 1. The fourth-order valence-electron chi connectivity index (χ4n) is 2.84. The number of nitrogens with one attached hydrogen (secondary N) is 1. The van der Waals surface area contributed by atoms with Crippen molar-refractivity contribution in [1.29, 1.82) is 0 Å². The predicted octanol–water partition coefficient (Wildman–Crippen LogP) is 3.70. The van der Waals surface area contributed by atoms with Crippen LogP contribution in [0, 0.1) is 6.54 Å².